The number of amides is 2. The van der Waals surface area contributed by atoms with Crippen molar-refractivity contribution < 1.29 is 27.5 Å². The summed E-state index contributed by atoms with van der Waals surface area (Å²) in [6.45, 7) is 5.97. The molecule has 0 aromatic heterocycles. The van der Waals surface area contributed by atoms with Crippen molar-refractivity contribution in [2.24, 2.45) is 0 Å². The maximum absolute atomic E-state index is 13.4. The number of carbonyl (C=O) groups is 2. The van der Waals surface area contributed by atoms with E-state index in [4.69, 9.17) is 9.47 Å². The molecule has 0 radical (unpaired) electrons. The molecular weight excluding hydrogens is 494 g/mol. The van der Waals surface area contributed by atoms with Gasteiger partial charge in [0.15, 0.2) is 0 Å². The second-order valence-corrected chi connectivity index (χ2v) is 10.9. The molecule has 1 N–H and O–H groups in total. The molecule has 204 valence electrons. The van der Waals surface area contributed by atoms with Crippen molar-refractivity contribution in [3.63, 3.8) is 0 Å². The second-order valence-electron chi connectivity index (χ2n) is 9.00. The molecule has 0 fully saturated rings. The van der Waals surface area contributed by atoms with Crippen molar-refractivity contribution in [1.29, 1.82) is 0 Å². The zero-order chi connectivity index (χ0) is 27.6. The fourth-order valence-electron chi connectivity index (χ4n) is 3.73. The van der Waals surface area contributed by atoms with Gasteiger partial charge in [0.1, 0.15) is 17.5 Å². The first-order valence-electron chi connectivity index (χ1n) is 12.3. The normalized spacial score (nSPS) is 12.8. The molecule has 0 saturated heterocycles. The first-order chi connectivity index (χ1) is 17.5. The predicted octanol–water partition coefficient (Wildman–Crippen LogP) is 3.58. The number of nitrogens with zero attached hydrogens (tertiary/aromatic N) is 2. The van der Waals surface area contributed by atoms with Crippen LogP contribution in [0.15, 0.2) is 48.5 Å². The van der Waals surface area contributed by atoms with Crippen LogP contribution < -0.4 is 19.1 Å². The van der Waals surface area contributed by atoms with Crippen LogP contribution in [0.1, 0.15) is 45.6 Å². The van der Waals surface area contributed by atoms with Gasteiger partial charge in [-0.15, -0.1) is 0 Å². The number of hydrogen-bond acceptors (Lipinski definition) is 6. The zero-order valence-electron chi connectivity index (χ0n) is 22.6. The number of methoxy groups -OCH3 is 2. The topological polar surface area (TPSA) is 105 Å². The van der Waals surface area contributed by atoms with E-state index in [1.165, 1.54) is 16.3 Å². The molecule has 2 amide bonds. The summed E-state index contributed by atoms with van der Waals surface area (Å²) in [6, 6.07) is 13.3. The Hall–Kier alpha value is -3.27. The Kier molecular flexibility index (Phi) is 11.2. The fourth-order valence-corrected chi connectivity index (χ4v) is 4.69. The minimum Gasteiger partial charge on any atom is -0.497 e. The predicted molar refractivity (Wildman–Crippen MR) is 145 cm³/mol. The maximum atomic E-state index is 13.4. The van der Waals surface area contributed by atoms with E-state index in [0.29, 0.717) is 17.2 Å². The standard InChI is InChI=1S/C27H39N3O6S/c1-7-20(2)28-27(32)21(3)29(19-22-10-14-24(35-4)15-11-22)26(31)9-8-18-30(37(6,33)34)23-12-16-25(36-5)17-13-23/h10-17,20-21H,7-9,18-19H2,1-6H3,(H,28,32)/t20-,21-/m0/s1. The lowest BCUT2D eigenvalue weighted by atomic mass is 10.1. The Morgan fingerprint density at radius 3 is 1.97 bits per heavy atom. The number of anilines is 1. The Labute approximate surface area is 220 Å². The Morgan fingerprint density at radius 1 is 0.946 bits per heavy atom. The highest BCUT2D eigenvalue weighted by atomic mass is 32.2. The van der Waals surface area contributed by atoms with Crippen LogP contribution in [0.2, 0.25) is 0 Å². The number of sulfonamides is 1. The van der Waals surface area contributed by atoms with Gasteiger partial charge in [-0.3, -0.25) is 13.9 Å². The molecule has 2 rings (SSSR count). The van der Waals surface area contributed by atoms with Crippen LogP contribution in [0, 0.1) is 0 Å². The van der Waals surface area contributed by atoms with Gasteiger partial charge in [0.2, 0.25) is 21.8 Å². The van der Waals surface area contributed by atoms with Crippen LogP contribution in [-0.4, -0.2) is 64.2 Å². The van der Waals surface area contributed by atoms with Gasteiger partial charge < -0.3 is 19.7 Å². The zero-order valence-corrected chi connectivity index (χ0v) is 23.4. The quantitative estimate of drug-likeness (QED) is 0.398. The molecule has 0 heterocycles. The van der Waals surface area contributed by atoms with Crippen LogP contribution in [0.3, 0.4) is 0 Å². The molecular formula is C27H39N3O6S. The molecule has 0 aliphatic rings. The smallest absolute Gasteiger partial charge is 0.242 e. The summed E-state index contributed by atoms with van der Waals surface area (Å²) in [5.41, 5.74) is 1.35. The lowest BCUT2D eigenvalue weighted by Crippen LogP contribution is -2.49. The molecule has 37 heavy (non-hydrogen) atoms. The Balaban J connectivity index is 2.17. The van der Waals surface area contributed by atoms with Gasteiger partial charge in [-0.05, 0) is 68.7 Å². The third-order valence-electron chi connectivity index (χ3n) is 6.19. The number of rotatable bonds is 14. The van der Waals surface area contributed by atoms with Crippen molar-refractivity contribution in [3.05, 3.63) is 54.1 Å². The summed E-state index contributed by atoms with van der Waals surface area (Å²) in [7, 11) is -0.446. The highest BCUT2D eigenvalue weighted by Crippen LogP contribution is 2.22. The maximum Gasteiger partial charge on any atom is 0.242 e. The molecule has 0 saturated carbocycles. The van der Waals surface area contributed by atoms with Crippen LogP contribution in [0.25, 0.3) is 0 Å². The third kappa shape index (κ3) is 8.96. The van der Waals surface area contributed by atoms with E-state index in [0.717, 1.165) is 18.2 Å². The monoisotopic (exact) mass is 533 g/mol. The lowest BCUT2D eigenvalue weighted by Gasteiger charge is -2.30. The highest BCUT2D eigenvalue weighted by molar-refractivity contribution is 7.92. The summed E-state index contributed by atoms with van der Waals surface area (Å²) >= 11 is 0. The van der Waals surface area contributed by atoms with Gasteiger partial charge in [0.05, 0.1) is 26.2 Å². The van der Waals surface area contributed by atoms with Gasteiger partial charge in [0.25, 0.3) is 0 Å². The number of nitrogens with one attached hydrogen (secondary N) is 1. The molecule has 2 atom stereocenters. The van der Waals surface area contributed by atoms with Crippen molar-refractivity contribution in [2.75, 3.05) is 31.3 Å². The highest BCUT2D eigenvalue weighted by Gasteiger charge is 2.27. The first kappa shape index (κ1) is 30.0. The van der Waals surface area contributed by atoms with E-state index in [1.807, 2.05) is 26.0 Å². The lowest BCUT2D eigenvalue weighted by molar-refractivity contribution is -0.140. The molecule has 10 heteroatoms. The van der Waals surface area contributed by atoms with Gasteiger partial charge in [0, 0.05) is 25.6 Å². The van der Waals surface area contributed by atoms with Crippen molar-refractivity contribution in [3.8, 4) is 11.5 Å². The second kappa shape index (κ2) is 13.9. The average Bonchev–Trinajstić information content (AvgIpc) is 2.88. The molecule has 0 aliphatic heterocycles. The number of ether oxygens (including phenoxy) is 2. The van der Waals surface area contributed by atoms with E-state index in [2.05, 4.69) is 5.32 Å². The molecule has 0 unspecified atom stereocenters. The number of hydrogen-bond donors (Lipinski definition) is 1. The van der Waals surface area contributed by atoms with Crippen molar-refractivity contribution in [2.45, 2.75) is 58.7 Å². The van der Waals surface area contributed by atoms with Crippen molar-refractivity contribution >= 4 is 27.5 Å². The molecule has 9 nitrogen and oxygen atoms in total. The van der Waals surface area contributed by atoms with Gasteiger partial charge in [-0.1, -0.05) is 19.1 Å². The molecule has 2 aromatic rings. The number of carbonyl (C=O) groups excluding carboxylic acids is 2. The van der Waals surface area contributed by atoms with Gasteiger partial charge >= 0.3 is 0 Å². The van der Waals surface area contributed by atoms with Crippen LogP contribution in [0.5, 0.6) is 11.5 Å². The van der Waals surface area contributed by atoms with Crippen LogP contribution >= 0.6 is 0 Å². The Bertz CT molecular complexity index is 1120. The minimum absolute atomic E-state index is 0.0132. The number of benzene rings is 2. The van der Waals surface area contributed by atoms with E-state index in [1.54, 1.807) is 50.4 Å². The summed E-state index contributed by atoms with van der Waals surface area (Å²) in [4.78, 5) is 27.8. The molecule has 0 spiro atoms. The summed E-state index contributed by atoms with van der Waals surface area (Å²) in [6.07, 6.45) is 2.28. The van der Waals surface area contributed by atoms with Crippen LogP contribution in [0.4, 0.5) is 5.69 Å². The summed E-state index contributed by atoms with van der Waals surface area (Å²) in [5.74, 6) is 0.854. The van der Waals surface area contributed by atoms with E-state index in [9.17, 15) is 18.0 Å². The SMILES string of the molecule is CC[C@H](C)NC(=O)[C@H](C)N(Cc1ccc(OC)cc1)C(=O)CCCN(c1ccc(OC)cc1)S(C)(=O)=O. The minimum atomic E-state index is -3.57. The summed E-state index contributed by atoms with van der Waals surface area (Å²) in [5, 5.41) is 2.94. The van der Waals surface area contributed by atoms with E-state index < -0.39 is 16.1 Å². The van der Waals surface area contributed by atoms with E-state index in [-0.39, 0.29) is 43.8 Å². The third-order valence-corrected chi connectivity index (χ3v) is 7.39. The first-order valence-corrected chi connectivity index (χ1v) is 14.2. The van der Waals surface area contributed by atoms with Gasteiger partial charge in [-0.25, -0.2) is 8.42 Å². The average molecular weight is 534 g/mol. The molecule has 0 aliphatic carbocycles. The fraction of sp³-hybridized carbons (Fsp3) is 0.481. The van der Waals surface area contributed by atoms with Gasteiger partial charge in [-0.2, -0.15) is 0 Å². The Morgan fingerprint density at radius 2 is 1.49 bits per heavy atom. The van der Waals surface area contributed by atoms with E-state index >= 15 is 0 Å². The van der Waals surface area contributed by atoms with Crippen molar-refractivity contribution in [1.82, 2.24) is 10.2 Å². The molecule has 0 bridgehead atoms. The largest absolute Gasteiger partial charge is 0.497 e. The summed E-state index contributed by atoms with van der Waals surface area (Å²) < 4.78 is 36.5. The van der Waals surface area contributed by atoms with Crippen LogP contribution in [-0.2, 0) is 26.2 Å². The molecule has 2 aromatic carbocycles.